The van der Waals surface area contributed by atoms with Gasteiger partial charge in [0.05, 0.1) is 5.54 Å². The first-order chi connectivity index (χ1) is 7.81. The van der Waals surface area contributed by atoms with Crippen molar-refractivity contribution in [2.75, 3.05) is 11.5 Å². The van der Waals surface area contributed by atoms with Gasteiger partial charge in [0.15, 0.2) is 0 Å². The fourth-order valence-electron chi connectivity index (χ4n) is 4.76. The van der Waals surface area contributed by atoms with Crippen molar-refractivity contribution in [1.82, 2.24) is 0 Å². The summed E-state index contributed by atoms with van der Waals surface area (Å²) in [4.78, 5) is 5.21. The predicted molar refractivity (Wildman–Crippen MR) is 73.3 cm³/mol. The van der Waals surface area contributed by atoms with E-state index in [4.69, 9.17) is 4.99 Å². The summed E-state index contributed by atoms with van der Waals surface area (Å²) in [6.45, 7) is 0. The van der Waals surface area contributed by atoms with Crippen LogP contribution in [0.25, 0.3) is 0 Å². The molecule has 0 unspecified atom stereocenters. The molecule has 0 N–H and O–H groups in total. The van der Waals surface area contributed by atoms with Gasteiger partial charge in [-0.1, -0.05) is 23.5 Å². The Morgan fingerprint density at radius 2 is 1.38 bits per heavy atom. The molecule has 88 valence electrons. The SMILES string of the molecule is C1CSC(=NC23CC4CC(CC(C4)C2)C3)S1. The van der Waals surface area contributed by atoms with Gasteiger partial charge in [0.1, 0.15) is 4.38 Å². The van der Waals surface area contributed by atoms with Crippen LogP contribution in [0.4, 0.5) is 0 Å². The topological polar surface area (TPSA) is 12.4 Å². The van der Waals surface area contributed by atoms with Gasteiger partial charge >= 0.3 is 0 Å². The maximum Gasteiger partial charge on any atom is 0.125 e. The molecule has 4 saturated carbocycles. The predicted octanol–water partition coefficient (Wildman–Crippen LogP) is 3.79. The van der Waals surface area contributed by atoms with E-state index in [9.17, 15) is 0 Å². The molecule has 5 rings (SSSR count). The van der Waals surface area contributed by atoms with Crippen molar-refractivity contribution in [3.8, 4) is 0 Å². The lowest BCUT2D eigenvalue weighted by molar-refractivity contribution is 0.00198. The average molecular weight is 253 g/mol. The minimum atomic E-state index is 0.411. The summed E-state index contributed by atoms with van der Waals surface area (Å²) in [5, 5.41) is 0. The van der Waals surface area contributed by atoms with Crippen molar-refractivity contribution in [1.29, 1.82) is 0 Å². The molecule has 4 aliphatic carbocycles. The Bertz CT molecular complexity index is 294. The zero-order valence-electron chi connectivity index (χ0n) is 9.65. The molecule has 5 fully saturated rings. The van der Waals surface area contributed by atoms with Crippen molar-refractivity contribution < 1.29 is 0 Å². The molecule has 0 aromatic carbocycles. The highest BCUT2D eigenvalue weighted by Crippen LogP contribution is 2.57. The minimum absolute atomic E-state index is 0.411. The van der Waals surface area contributed by atoms with Crippen LogP contribution in [0.1, 0.15) is 38.5 Å². The molecule has 0 aromatic heterocycles. The van der Waals surface area contributed by atoms with Crippen LogP contribution < -0.4 is 0 Å². The van der Waals surface area contributed by atoms with Crippen molar-refractivity contribution in [3.63, 3.8) is 0 Å². The smallest absolute Gasteiger partial charge is 0.125 e. The molecule has 1 nitrogen and oxygen atoms in total. The van der Waals surface area contributed by atoms with Gasteiger partial charge in [-0.05, 0) is 56.3 Å². The van der Waals surface area contributed by atoms with Crippen molar-refractivity contribution in [2.24, 2.45) is 22.7 Å². The van der Waals surface area contributed by atoms with Crippen LogP contribution in [-0.2, 0) is 0 Å². The van der Waals surface area contributed by atoms with E-state index in [1.807, 2.05) is 23.5 Å². The van der Waals surface area contributed by atoms with Crippen LogP contribution >= 0.6 is 23.5 Å². The Labute approximate surface area is 106 Å². The summed E-state index contributed by atoms with van der Waals surface area (Å²) in [6, 6.07) is 0. The van der Waals surface area contributed by atoms with E-state index in [1.165, 1.54) is 54.4 Å². The molecule has 1 aliphatic heterocycles. The first kappa shape index (κ1) is 10.3. The molecule has 3 heteroatoms. The fourth-order valence-corrected chi connectivity index (χ4v) is 7.13. The second-order valence-corrected chi connectivity index (χ2v) is 8.64. The summed E-state index contributed by atoms with van der Waals surface area (Å²) in [6.07, 6.45) is 8.86. The zero-order valence-corrected chi connectivity index (χ0v) is 11.3. The lowest BCUT2D eigenvalue weighted by Crippen LogP contribution is -2.49. The average Bonchev–Trinajstić information content (AvgIpc) is 2.66. The summed E-state index contributed by atoms with van der Waals surface area (Å²) in [5.41, 5.74) is 0.411. The van der Waals surface area contributed by atoms with Gasteiger partial charge in [-0.25, -0.2) is 0 Å². The Morgan fingerprint density at radius 3 is 1.88 bits per heavy atom. The second-order valence-electron chi connectivity index (χ2n) is 6.22. The summed E-state index contributed by atoms with van der Waals surface area (Å²) >= 11 is 4.01. The molecule has 0 atom stereocenters. The molecular weight excluding hydrogens is 234 g/mol. The number of hydrogen-bond donors (Lipinski definition) is 0. The highest BCUT2D eigenvalue weighted by Gasteiger charge is 2.51. The lowest BCUT2D eigenvalue weighted by Gasteiger charge is -2.55. The summed E-state index contributed by atoms with van der Waals surface area (Å²) < 4.78 is 1.42. The largest absolute Gasteiger partial charge is 0.265 e. The molecule has 1 heterocycles. The lowest BCUT2D eigenvalue weighted by atomic mass is 9.53. The third kappa shape index (κ3) is 1.66. The Kier molecular flexibility index (Phi) is 2.37. The van der Waals surface area contributed by atoms with Crippen LogP contribution in [-0.4, -0.2) is 21.4 Å². The Balaban J connectivity index is 1.63. The highest BCUT2D eigenvalue weighted by molar-refractivity contribution is 8.41. The van der Waals surface area contributed by atoms with Gasteiger partial charge in [-0.2, -0.15) is 0 Å². The van der Waals surface area contributed by atoms with Crippen molar-refractivity contribution in [3.05, 3.63) is 0 Å². The molecule has 0 spiro atoms. The first-order valence-electron chi connectivity index (χ1n) is 6.67. The monoisotopic (exact) mass is 253 g/mol. The minimum Gasteiger partial charge on any atom is -0.265 e. The number of thioether (sulfide) groups is 2. The Hall–Kier alpha value is 0.370. The van der Waals surface area contributed by atoms with Crippen molar-refractivity contribution in [2.45, 2.75) is 44.1 Å². The first-order valence-corrected chi connectivity index (χ1v) is 8.64. The standard InChI is InChI=1S/C13H19NS2/c1-2-16-12(15-1)14-13-6-9-3-10(7-13)5-11(4-9)8-13/h9-11H,1-8H2. The fraction of sp³-hybridized carbons (Fsp3) is 0.923. The summed E-state index contributed by atoms with van der Waals surface area (Å²) in [5.74, 6) is 5.68. The number of rotatable bonds is 1. The quantitative estimate of drug-likeness (QED) is 0.705. The summed E-state index contributed by atoms with van der Waals surface area (Å²) in [7, 11) is 0. The molecule has 4 bridgehead atoms. The third-order valence-electron chi connectivity index (χ3n) is 4.87. The van der Waals surface area contributed by atoms with Crippen LogP contribution in [0.2, 0.25) is 0 Å². The number of hydrogen-bond acceptors (Lipinski definition) is 3. The number of nitrogens with zero attached hydrogens (tertiary/aromatic N) is 1. The van der Waals surface area contributed by atoms with Gasteiger partial charge in [0, 0.05) is 11.5 Å². The maximum atomic E-state index is 5.21. The van der Waals surface area contributed by atoms with E-state index in [2.05, 4.69) is 0 Å². The van der Waals surface area contributed by atoms with Gasteiger partial charge in [0.2, 0.25) is 0 Å². The molecule has 0 amide bonds. The van der Waals surface area contributed by atoms with Crippen LogP contribution in [0.15, 0.2) is 4.99 Å². The Morgan fingerprint density at radius 1 is 0.875 bits per heavy atom. The maximum absolute atomic E-state index is 5.21. The molecule has 1 saturated heterocycles. The normalized spacial score (nSPS) is 50.0. The van der Waals surface area contributed by atoms with E-state index in [1.54, 1.807) is 0 Å². The molecule has 0 aromatic rings. The van der Waals surface area contributed by atoms with Gasteiger partial charge in [-0.3, -0.25) is 4.99 Å². The zero-order chi connectivity index (χ0) is 10.6. The van der Waals surface area contributed by atoms with E-state index in [-0.39, 0.29) is 0 Å². The van der Waals surface area contributed by atoms with Crippen LogP contribution in [0, 0.1) is 17.8 Å². The molecule has 16 heavy (non-hydrogen) atoms. The van der Waals surface area contributed by atoms with E-state index < -0.39 is 0 Å². The molecule has 0 radical (unpaired) electrons. The number of aliphatic imine (C=N–C) groups is 1. The van der Waals surface area contributed by atoms with E-state index in [0.717, 1.165) is 17.8 Å². The van der Waals surface area contributed by atoms with Crippen LogP contribution in [0.5, 0.6) is 0 Å². The van der Waals surface area contributed by atoms with Crippen molar-refractivity contribution >= 4 is 27.9 Å². The van der Waals surface area contributed by atoms with Gasteiger partial charge in [0.25, 0.3) is 0 Å². The van der Waals surface area contributed by atoms with Crippen LogP contribution in [0.3, 0.4) is 0 Å². The van der Waals surface area contributed by atoms with Gasteiger partial charge < -0.3 is 0 Å². The van der Waals surface area contributed by atoms with E-state index in [0.29, 0.717) is 5.54 Å². The third-order valence-corrected chi connectivity index (χ3v) is 7.33. The van der Waals surface area contributed by atoms with E-state index >= 15 is 0 Å². The second kappa shape index (κ2) is 3.68. The van der Waals surface area contributed by atoms with Gasteiger partial charge in [-0.15, -0.1) is 0 Å². The molecule has 5 aliphatic rings. The highest BCUT2D eigenvalue weighted by atomic mass is 32.2. The molecular formula is C13H19NS2.